The molecule has 8 atom stereocenters. The first-order valence-corrected chi connectivity index (χ1v) is 15.6. The van der Waals surface area contributed by atoms with Gasteiger partial charge in [0.25, 0.3) is 0 Å². The lowest BCUT2D eigenvalue weighted by Gasteiger charge is -2.74. The van der Waals surface area contributed by atoms with Crippen LogP contribution < -0.4 is 20.5 Å². The summed E-state index contributed by atoms with van der Waals surface area (Å²) in [6, 6.07) is 14.9. The molecule has 7 nitrogen and oxygen atoms in total. The molecule has 5 fully saturated rings. The predicted molar refractivity (Wildman–Crippen MR) is 156 cm³/mol. The molecular formula is C34H43N3O4. The van der Waals surface area contributed by atoms with Gasteiger partial charge in [-0.05, 0) is 81.5 Å². The van der Waals surface area contributed by atoms with E-state index in [2.05, 4.69) is 52.7 Å². The van der Waals surface area contributed by atoms with Crippen LogP contribution in [0.4, 0.5) is 0 Å². The van der Waals surface area contributed by atoms with Crippen molar-refractivity contribution in [2.75, 3.05) is 27.3 Å². The van der Waals surface area contributed by atoms with E-state index in [-0.39, 0.29) is 34.8 Å². The van der Waals surface area contributed by atoms with E-state index in [4.69, 9.17) is 19.9 Å². The van der Waals surface area contributed by atoms with Crippen molar-refractivity contribution in [1.82, 2.24) is 10.2 Å². The Morgan fingerprint density at radius 2 is 1.95 bits per heavy atom. The maximum atomic E-state index is 12.4. The van der Waals surface area contributed by atoms with E-state index < -0.39 is 11.6 Å². The highest BCUT2D eigenvalue weighted by atomic mass is 16.6. The second-order valence-corrected chi connectivity index (χ2v) is 13.8. The zero-order valence-corrected chi connectivity index (χ0v) is 24.5. The molecule has 2 unspecified atom stereocenters. The van der Waals surface area contributed by atoms with Crippen molar-refractivity contribution in [2.45, 2.75) is 87.1 Å². The van der Waals surface area contributed by atoms with Gasteiger partial charge in [-0.1, -0.05) is 36.4 Å². The quantitative estimate of drug-likeness (QED) is 0.483. The van der Waals surface area contributed by atoms with Gasteiger partial charge in [0, 0.05) is 48.0 Å². The summed E-state index contributed by atoms with van der Waals surface area (Å²) < 4.78 is 20.0. The highest BCUT2D eigenvalue weighted by Gasteiger charge is 2.81. The van der Waals surface area contributed by atoms with Gasteiger partial charge in [0.15, 0.2) is 11.5 Å². The average molecular weight is 558 g/mol. The van der Waals surface area contributed by atoms with Crippen molar-refractivity contribution in [1.29, 1.82) is 0 Å². The van der Waals surface area contributed by atoms with Gasteiger partial charge in [0.2, 0.25) is 5.91 Å². The number of nitrogens with one attached hydrogen (secondary N) is 1. The normalized spacial score (nSPS) is 37.7. The first-order chi connectivity index (χ1) is 19.9. The van der Waals surface area contributed by atoms with E-state index in [1.54, 1.807) is 7.11 Å². The number of piperidine rings is 1. The first kappa shape index (κ1) is 26.1. The van der Waals surface area contributed by atoms with Gasteiger partial charge in [-0.25, -0.2) is 0 Å². The SMILES string of the molecule is COc1ccc2c3c1O[C@H]1[C@@]4(OC)CC[C@@]5(C[C@@H]4C(NC(C)C(N)=O)c4ccccc4)[C@@H](C2)N(CC2CC2)CC[C@]315. The second-order valence-electron chi connectivity index (χ2n) is 13.8. The summed E-state index contributed by atoms with van der Waals surface area (Å²) in [5.41, 5.74) is 9.30. The van der Waals surface area contributed by atoms with Gasteiger partial charge in [0.05, 0.1) is 13.2 Å². The summed E-state index contributed by atoms with van der Waals surface area (Å²) in [5.74, 6) is 2.40. The number of nitrogens with zero attached hydrogens (tertiary/aromatic N) is 1. The van der Waals surface area contributed by atoms with Crippen molar-refractivity contribution >= 4 is 5.91 Å². The standard InChI is InChI=1S/C34H43N3O4/c1-20(30(35)38)36-28(22-7-5-4-6-8-22)24-18-32-13-14-34(24,40-3)31-33(32)15-16-37(19-21-9-10-21)26(32)17-23-11-12-25(39-2)29(41-31)27(23)33/h4-8,11-12,20-21,24,26,28,31,36H,9-10,13-19H2,1-3H3,(H2,35,38)/t20?,24-,26-,28?,31-,32-,33+,34-/m1/s1. The summed E-state index contributed by atoms with van der Waals surface area (Å²) >= 11 is 0. The van der Waals surface area contributed by atoms with Crippen LogP contribution in [-0.2, 0) is 21.4 Å². The molecule has 4 saturated carbocycles. The lowest BCUT2D eigenvalue weighted by Crippen LogP contribution is -2.81. The Bertz CT molecular complexity index is 1380. The smallest absolute Gasteiger partial charge is 0.234 e. The predicted octanol–water partition coefficient (Wildman–Crippen LogP) is 4.12. The Morgan fingerprint density at radius 3 is 2.66 bits per heavy atom. The Morgan fingerprint density at radius 1 is 1.15 bits per heavy atom. The number of methoxy groups -OCH3 is 2. The van der Waals surface area contributed by atoms with Gasteiger partial charge in [0.1, 0.15) is 11.7 Å². The van der Waals surface area contributed by atoms with Crippen molar-refractivity contribution in [2.24, 2.45) is 23.0 Å². The van der Waals surface area contributed by atoms with Crippen LogP contribution in [0, 0.1) is 17.3 Å². The van der Waals surface area contributed by atoms with E-state index >= 15 is 0 Å². The van der Waals surface area contributed by atoms with Crippen molar-refractivity contribution < 1.29 is 19.0 Å². The summed E-state index contributed by atoms with van der Waals surface area (Å²) in [4.78, 5) is 15.2. The fourth-order valence-corrected chi connectivity index (χ4v) is 10.5. The summed E-state index contributed by atoms with van der Waals surface area (Å²) in [6.07, 6.45) is 7.87. The Kier molecular flexibility index (Phi) is 5.68. The molecular weight excluding hydrogens is 514 g/mol. The maximum Gasteiger partial charge on any atom is 0.234 e. The van der Waals surface area contributed by atoms with Gasteiger partial charge in [-0.2, -0.15) is 0 Å². The maximum absolute atomic E-state index is 12.4. The molecule has 0 aromatic heterocycles. The molecule has 218 valence electrons. The molecule has 3 N–H and O–H groups in total. The van der Waals surface area contributed by atoms with Crippen LogP contribution in [0.2, 0.25) is 0 Å². The fraction of sp³-hybridized carbons (Fsp3) is 0.618. The van der Waals surface area contributed by atoms with Crippen molar-refractivity contribution in [3.63, 3.8) is 0 Å². The van der Waals surface area contributed by atoms with Crippen LogP contribution in [0.3, 0.4) is 0 Å². The molecule has 7 heteroatoms. The highest BCUT2D eigenvalue weighted by molar-refractivity contribution is 5.79. The molecule has 2 aromatic carbocycles. The van der Waals surface area contributed by atoms with Crippen molar-refractivity contribution in [3.05, 3.63) is 59.2 Å². The lowest BCUT2D eigenvalue weighted by molar-refractivity contribution is -0.282. The van der Waals surface area contributed by atoms with Crippen LogP contribution in [0.5, 0.6) is 11.5 Å². The molecule has 5 aliphatic carbocycles. The molecule has 9 rings (SSSR count). The largest absolute Gasteiger partial charge is 0.493 e. The Balaban J connectivity index is 1.33. The van der Waals surface area contributed by atoms with E-state index in [0.29, 0.717) is 6.04 Å². The molecule has 41 heavy (non-hydrogen) atoms. The second kappa shape index (κ2) is 8.95. The van der Waals surface area contributed by atoms with Crippen LogP contribution in [0.1, 0.15) is 68.2 Å². The molecule has 0 radical (unpaired) electrons. The number of likely N-dealkylation sites (tertiary alicyclic amines) is 1. The number of benzene rings is 2. The van der Waals surface area contributed by atoms with Gasteiger partial charge < -0.3 is 19.9 Å². The fourth-order valence-electron chi connectivity index (χ4n) is 10.5. The van der Waals surface area contributed by atoms with Crippen molar-refractivity contribution in [3.8, 4) is 11.5 Å². The van der Waals surface area contributed by atoms with E-state index in [0.717, 1.165) is 56.1 Å². The zero-order valence-electron chi connectivity index (χ0n) is 24.5. The third-order valence-electron chi connectivity index (χ3n) is 12.3. The number of carbonyl (C=O) groups is 1. The number of amides is 1. The minimum Gasteiger partial charge on any atom is -0.493 e. The molecule has 1 amide bonds. The average Bonchev–Trinajstić information content (AvgIpc) is 3.74. The summed E-state index contributed by atoms with van der Waals surface area (Å²) in [5, 5.41) is 3.70. The first-order valence-electron chi connectivity index (χ1n) is 15.6. The summed E-state index contributed by atoms with van der Waals surface area (Å²) in [6.45, 7) is 4.21. The van der Waals surface area contributed by atoms with Crippen LogP contribution >= 0.6 is 0 Å². The van der Waals surface area contributed by atoms with Crippen LogP contribution in [0.15, 0.2) is 42.5 Å². The Labute approximate surface area is 243 Å². The summed E-state index contributed by atoms with van der Waals surface area (Å²) in [7, 11) is 3.64. The van der Waals surface area contributed by atoms with Crippen LogP contribution in [-0.4, -0.2) is 61.9 Å². The molecule has 2 aromatic rings. The van der Waals surface area contributed by atoms with E-state index in [1.165, 1.54) is 36.1 Å². The molecule has 2 heterocycles. The number of rotatable bonds is 9. The molecule has 4 bridgehead atoms. The van der Waals surface area contributed by atoms with Gasteiger partial charge >= 0.3 is 0 Å². The zero-order chi connectivity index (χ0) is 28.1. The minimum atomic E-state index is -0.519. The van der Waals surface area contributed by atoms with E-state index in [9.17, 15) is 4.79 Å². The van der Waals surface area contributed by atoms with Gasteiger partial charge in [-0.15, -0.1) is 0 Å². The molecule has 2 spiro atoms. The molecule has 7 aliphatic rings. The number of hydrogen-bond donors (Lipinski definition) is 2. The van der Waals surface area contributed by atoms with E-state index in [1.807, 2.05) is 14.0 Å². The van der Waals surface area contributed by atoms with Crippen LogP contribution in [0.25, 0.3) is 0 Å². The van der Waals surface area contributed by atoms with Gasteiger partial charge in [-0.3, -0.25) is 15.0 Å². The highest BCUT2D eigenvalue weighted by Crippen LogP contribution is 2.77. The topological polar surface area (TPSA) is 86.0 Å². The number of nitrogens with two attached hydrogens (primary N) is 1. The number of primary amides is 1. The number of carbonyl (C=O) groups excluding carboxylic acids is 1. The minimum absolute atomic E-state index is 0.0606. The number of ether oxygens (including phenoxy) is 3. The molecule has 1 saturated heterocycles. The third kappa shape index (κ3) is 3.29. The molecule has 2 aliphatic heterocycles. The third-order valence-corrected chi connectivity index (χ3v) is 12.3. The number of fused-ring (bicyclic) bond motifs is 2. The number of hydrogen-bond acceptors (Lipinski definition) is 6. The monoisotopic (exact) mass is 557 g/mol. The lowest BCUT2D eigenvalue weighted by atomic mass is 9.34. The Hall–Kier alpha value is -2.61.